The molecule has 0 spiro atoms. The molecule has 0 radical (unpaired) electrons. The van der Waals surface area contributed by atoms with Crippen LogP contribution in [-0.2, 0) is 10.0 Å². The van der Waals surface area contributed by atoms with Crippen LogP contribution in [0.25, 0.3) is 0 Å². The zero-order chi connectivity index (χ0) is 15.0. The molecule has 1 fully saturated rings. The maximum atomic E-state index is 12.5. The van der Waals surface area contributed by atoms with Gasteiger partial charge in [0.1, 0.15) is 0 Å². The van der Waals surface area contributed by atoms with Crippen molar-refractivity contribution in [3.05, 3.63) is 28.2 Å². The van der Waals surface area contributed by atoms with Crippen LogP contribution in [0.3, 0.4) is 0 Å². The van der Waals surface area contributed by atoms with Crippen LogP contribution in [0, 0.1) is 12.3 Å². The lowest BCUT2D eigenvalue weighted by Crippen LogP contribution is -2.40. The molecule has 112 valence electrons. The van der Waals surface area contributed by atoms with Crippen molar-refractivity contribution >= 4 is 26.0 Å². The van der Waals surface area contributed by atoms with E-state index in [2.05, 4.69) is 34.5 Å². The Morgan fingerprint density at radius 3 is 2.65 bits per heavy atom. The van der Waals surface area contributed by atoms with E-state index in [4.69, 9.17) is 0 Å². The van der Waals surface area contributed by atoms with Gasteiger partial charge in [-0.25, -0.2) is 13.1 Å². The van der Waals surface area contributed by atoms with E-state index in [9.17, 15) is 8.42 Å². The fourth-order valence-electron chi connectivity index (χ4n) is 2.91. The lowest BCUT2D eigenvalue weighted by atomic mass is 9.75. The Balaban J connectivity index is 2.19. The van der Waals surface area contributed by atoms with Gasteiger partial charge in [-0.05, 0) is 65.2 Å². The second kappa shape index (κ2) is 5.78. The van der Waals surface area contributed by atoms with Crippen LogP contribution in [-0.4, -0.2) is 14.5 Å². The minimum absolute atomic E-state index is 0.0388. The van der Waals surface area contributed by atoms with Gasteiger partial charge in [-0.15, -0.1) is 0 Å². The molecule has 1 aromatic rings. The Bertz CT molecular complexity index is 596. The van der Waals surface area contributed by atoms with E-state index in [0.29, 0.717) is 9.37 Å². The van der Waals surface area contributed by atoms with Crippen LogP contribution in [0.15, 0.2) is 27.6 Å². The minimum atomic E-state index is -3.45. The fraction of sp³-hybridized carbons (Fsp3) is 0.600. The lowest BCUT2D eigenvalue weighted by Gasteiger charge is -2.35. The number of sulfonamides is 1. The maximum absolute atomic E-state index is 12.5. The van der Waals surface area contributed by atoms with Crippen molar-refractivity contribution in [3.63, 3.8) is 0 Å². The van der Waals surface area contributed by atoms with Crippen LogP contribution in [0.1, 0.15) is 45.1 Å². The third-order valence-electron chi connectivity index (χ3n) is 3.90. The van der Waals surface area contributed by atoms with E-state index < -0.39 is 10.0 Å². The van der Waals surface area contributed by atoms with Gasteiger partial charge in [0.15, 0.2) is 0 Å². The molecule has 0 amide bonds. The summed E-state index contributed by atoms with van der Waals surface area (Å²) >= 11 is 3.35. The van der Waals surface area contributed by atoms with Gasteiger partial charge in [-0.2, -0.15) is 0 Å². The van der Waals surface area contributed by atoms with E-state index in [0.717, 1.165) is 24.8 Å². The highest BCUT2D eigenvalue weighted by atomic mass is 79.9. The number of hydrogen-bond donors (Lipinski definition) is 1. The maximum Gasteiger partial charge on any atom is 0.241 e. The number of rotatable bonds is 3. The molecule has 0 aromatic heterocycles. The molecule has 0 bridgehead atoms. The summed E-state index contributed by atoms with van der Waals surface area (Å²) in [6.45, 7) is 6.35. The molecule has 1 N–H and O–H groups in total. The molecule has 3 nitrogen and oxygen atoms in total. The molecule has 1 atom stereocenters. The number of hydrogen-bond acceptors (Lipinski definition) is 2. The van der Waals surface area contributed by atoms with E-state index in [-0.39, 0.29) is 11.5 Å². The fourth-order valence-corrected chi connectivity index (χ4v) is 5.37. The van der Waals surface area contributed by atoms with E-state index in [1.54, 1.807) is 6.07 Å². The molecule has 20 heavy (non-hydrogen) atoms. The monoisotopic (exact) mass is 359 g/mol. The average molecular weight is 360 g/mol. The standard InChI is InChI=1S/C15H22BrNO2S/c1-11-6-7-14(13(16)9-11)20(18,19)17-12-5-4-8-15(2,3)10-12/h6-7,9,12,17H,4-5,8,10H2,1-3H3. The summed E-state index contributed by atoms with van der Waals surface area (Å²) in [4.78, 5) is 0.325. The molecule has 1 saturated carbocycles. The molecule has 5 heteroatoms. The predicted octanol–water partition coefficient (Wildman–Crippen LogP) is 4.00. The van der Waals surface area contributed by atoms with E-state index in [1.165, 1.54) is 6.42 Å². The first-order chi connectivity index (χ1) is 9.20. The molecule has 1 unspecified atom stereocenters. The molecule has 0 saturated heterocycles. The predicted molar refractivity (Wildman–Crippen MR) is 85.2 cm³/mol. The van der Waals surface area contributed by atoms with Crippen molar-refractivity contribution < 1.29 is 8.42 Å². The van der Waals surface area contributed by atoms with Crippen molar-refractivity contribution in [2.24, 2.45) is 5.41 Å². The third kappa shape index (κ3) is 3.83. The summed E-state index contributed by atoms with van der Waals surface area (Å²) in [5.41, 5.74) is 1.25. The summed E-state index contributed by atoms with van der Waals surface area (Å²) in [5, 5.41) is 0. The van der Waals surface area contributed by atoms with Gasteiger partial charge in [0.05, 0.1) is 4.90 Å². The van der Waals surface area contributed by atoms with Crippen LogP contribution < -0.4 is 4.72 Å². The van der Waals surface area contributed by atoms with Crippen molar-refractivity contribution in [2.75, 3.05) is 0 Å². The molecule has 1 aliphatic carbocycles. The second-order valence-electron chi connectivity index (χ2n) is 6.51. The zero-order valence-electron chi connectivity index (χ0n) is 12.2. The first-order valence-electron chi connectivity index (χ1n) is 6.98. The van der Waals surface area contributed by atoms with Gasteiger partial charge in [-0.1, -0.05) is 26.3 Å². The highest BCUT2D eigenvalue weighted by Crippen LogP contribution is 2.36. The summed E-state index contributed by atoms with van der Waals surface area (Å²) in [7, 11) is -3.45. The van der Waals surface area contributed by atoms with Gasteiger partial charge < -0.3 is 0 Å². The highest BCUT2D eigenvalue weighted by Gasteiger charge is 2.31. The van der Waals surface area contributed by atoms with Gasteiger partial charge in [-0.3, -0.25) is 0 Å². The summed E-state index contributed by atoms with van der Waals surface area (Å²) in [6.07, 6.45) is 4.07. The van der Waals surface area contributed by atoms with Crippen molar-refractivity contribution in [3.8, 4) is 0 Å². The first-order valence-corrected chi connectivity index (χ1v) is 9.26. The Morgan fingerprint density at radius 2 is 2.05 bits per heavy atom. The van der Waals surface area contributed by atoms with Gasteiger partial charge in [0, 0.05) is 10.5 Å². The topological polar surface area (TPSA) is 46.2 Å². The van der Waals surface area contributed by atoms with Gasteiger partial charge in [0.2, 0.25) is 10.0 Å². The molecule has 0 heterocycles. The smallest absolute Gasteiger partial charge is 0.208 e. The van der Waals surface area contributed by atoms with Crippen LogP contribution >= 0.6 is 15.9 Å². The van der Waals surface area contributed by atoms with Crippen LogP contribution in [0.4, 0.5) is 0 Å². The Hall–Kier alpha value is -0.390. The number of benzene rings is 1. The van der Waals surface area contributed by atoms with Crippen molar-refractivity contribution in [1.82, 2.24) is 4.72 Å². The van der Waals surface area contributed by atoms with Gasteiger partial charge in [0.25, 0.3) is 0 Å². The minimum Gasteiger partial charge on any atom is -0.208 e. The van der Waals surface area contributed by atoms with E-state index in [1.807, 2.05) is 19.1 Å². The Morgan fingerprint density at radius 1 is 1.35 bits per heavy atom. The summed E-state index contributed by atoms with van der Waals surface area (Å²) < 4.78 is 28.5. The molecule has 1 aromatic carbocycles. The number of halogens is 1. The van der Waals surface area contributed by atoms with Crippen molar-refractivity contribution in [2.45, 2.75) is 57.4 Å². The average Bonchev–Trinajstić information content (AvgIpc) is 2.25. The molecular weight excluding hydrogens is 338 g/mol. The normalized spacial score (nSPS) is 22.7. The van der Waals surface area contributed by atoms with Crippen molar-refractivity contribution in [1.29, 1.82) is 0 Å². The highest BCUT2D eigenvalue weighted by molar-refractivity contribution is 9.10. The van der Waals surface area contributed by atoms with E-state index >= 15 is 0 Å². The Kier molecular flexibility index (Phi) is 4.62. The number of aryl methyl sites for hydroxylation is 1. The van der Waals surface area contributed by atoms with Gasteiger partial charge >= 0.3 is 0 Å². The summed E-state index contributed by atoms with van der Waals surface area (Å²) in [6, 6.07) is 5.36. The lowest BCUT2D eigenvalue weighted by molar-refractivity contribution is 0.212. The SMILES string of the molecule is Cc1ccc(S(=O)(=O)NC2CCCC(C)(C)C2)c(Br)c1. The summed E-state index contributed by atoms with van der Waals surface area (Å²) in [5.74, 6) is 0. The quantitative estimate of drug-likeness (QED) is 0.886. The number of nitrogens with one attached hydrogen (secondary N) is 1. The van der Waals surface area contributed by atoms with Crippen LogP contribution in [0.5, 0.6) is 0 Å². The second-order valence-corrected chi connectivity index (χ2v) is 9.05. The largest absolute Gasteiger partial charge is 0.241 e. The Labute approximate surface area is 130 Å². The molecule has 1 aliphatic rings. The van der Waals surface area contributed by atoms with Crippen LogP contribution in [0.2, 0.25) is 0 Å². The zero-order valence-corrected chi connectivity index (χ0v) is 14.6. The third-order valence-corrected chi connectivity index (χ3v) is 6.40. The molecular formula is C15H22BrNO2S. The molecule has 0 aliphatic heterocycles. The molecule has 2 rings (SSSR count). The first kappa shape index (κ1) is 16.0.